The summed E-state index contributed by atoms with van der Waals surface area (Å²) in [6.07, 6.45) is 1.30. The topological polar surface area (TPSA) is 29.5 Å². The number of hydrogen-bond acceptors (Lipinski definition) is 2. The van der Waals surface area contributed by atoms with E-state index in [-0.39, 0.29) is 12.2 Å². The molecule has 1 aromatic carbocycles. The van der Waals surface area contributed by atoms with Crippen LogP contribution in [0.1, 0.15) is 30.6 Å². The highest BCUT2D eigenvalue weighted by atomic mass is 16.5. The fourth-order valence-electron chi connectivity index (χ4n) is 2.08. The Kier molecular flexibility index (Phi) is 2.85. The molecule has 1 aliphatic rings. The molecule has 1 aromatic rings. The highest BCUT2D eigenvalue weighted by Crippen LogP contribution is 2.32. The zero-order chi connectivity index (χ0) is 9.97. The van der Waals surface area contributed by atoms with Gasteiger partial charge in [0.15, 0.2) is 0 Å². The molecule has 0 amide bonds. The summed E-state index contributed by atoms with van der Waals surface area (Å²) in [6, 6.07) is 8.22. The first-order valence-corrected chi connectivity index (χ1v) is 5.20. The molecule has 0 unspecified atom stereocenters. The largest absolute Gasteiger partial charge is 0.390 e. The molecule has 0 saturated heterocycles. The fourth-order valence-corrected chi connectivity index (χ4v) is 2.08. The Balaban J connectivity index is 2.31. The quantitative estimate of drug-likeness (QED) is 0.777. The average molecular weight is 192 g/mol. The van der Waals surface area contributed by atoms with Crippen LogP contribution in [0.25, 0.3) is 0 Å². The van der Waals surface area contributed by atoms with Gasteiger partial charge in [-0.1, -0.05) is 24.3 Å². The molecule has 0 heterocycles. The lowest BCUT2D eigenvalue weighted by molar-refractivity contribution is -0.0433. The smallest absolute Gasteiger partial charge is 0.109 e. The number of fused-ring (bicyclic) bond motifs is 1. The van der Waals surface area contributed by atoms with Gasteiger partial charge in [0.1, 0.15) is 6.10 Å². The minimum absolute atomic E-state index is 0.120. The third kappa shape index (κ3) is 1.68. The van der Waals surface area contributed by atoms with E-state index in [1.807, 2.05) is 19.1 Å². The normalized spacial score (nSPS) is 25.9. The van der Waals surface area contributed by atoms with Crippen molar-refractivity contribution in [3.63, 3.8) is 0 Å². The Hall–Kier alpha value is -0.860. The van der Waals surface area contributed by atoms with Crippen molar-refractivity contribution in [2.75, 3.05) is 6.61 Å². The summed E-state index contributed by atoms with van der Waals surface area (Å²) < 4.78 is 5.57. The second-order valence-corrected chi connectivity index (χ2v) is 3.68. The van der Waals surface area contributed by atoms with Crippen LogP contribution in [0.5, 0.6) is 0 Å². The Morgan fingerprint density at radius 3 is 3.00 bits per heavy atom. The Morgan fingerprint density at radius 2 is 2.21 bits per heavy atom. The van der Waals surface area contributed by atoms with E-state index in [4.69, 9.17) is 4.74 Å². The average Bonchev–Trinajstić information content (AvgIpc) is 2.23. The lowest BCUT2D eigenvalue weighted by Crippen LogP contribution is -2.27. The molecule has 2 rings (SSSR count). The summed E-state index contributed by atoms with van der Waals surface area (Å²) >= 11 is 0. The van der Waals surface area contributed by atoms with E-state index in [9.17, 15) is 5.11 Å². The number of hydrogen-bond donors (Lipinski definition) is 1. The Labute approximate surface area is 84.5 Å². The second kappa shape index (κ2) is 4.11. The van der Waals surface area contributed by atoms with Crippen LogP contribution < -0.4 is 0 Å². The van der Waals surface area contributed by atoms with E-state index < -0.39 is 0 Å². The molecular formula is C12H16O2. The van der Waals surface area contributed by atoms with Gasteiger partial charge < -0.3 is 9.84 Å². The van der Waals surface area contributed by atoms with Gasteiger partial charge in [-0.3, -0.25) is 0 Å². The number of aliphatic hydroxyl groups excluding tert-OH is 1. The minimum atomic E-state index is -0.343. The number of ether oxygens (including phenoxy) is 1. The highest BCUT2D eigenvalue weighted by Gasteiger charge is 2.27. The summed E-state index contributed by atoms with van der Waals surface area (Å²) in [6.45, 7) is 2.61. The Bertz CT molecular complexity index is 309. The van der Waals surface area contributed by atoms with Crippen molar-refractivity contribution in [1.82, 2.24) is 0 Å². The maximum absolute atomic E-state index is 9.82. The summed E-state index contributed by atoms with van der Waals surface area (Å²) in [7, 11) is 0. The first kappa shape index (κ1) is 9.69. The van der Waals surface area contributed by atoms with E-state index in [1.54, 1.807) is 0 Å². The molecule has 2 nitrogen and oxygen atoms in total. The molecule has 0 fully saturated rings. The molecule has 0 saturated carbocycles. The lowest BCUT2D eigenvalue weighted by atomic mass is 9.87. The molecular weight excluding hydrogens is 176 g/mol. The monoisotopic (exact) mass is 192 g/mol. The van der Waals surface area contributed by atoms with Crippen LogP contribution in [0.2, 0.25) is 0 Å². The van der Waals surface area contributed by atoms with E-state index in [0.717, 1.165) is 18.4 Å². The maximum Gasteiger partial charge on any atom is 0.109 e. The van der Waals surface area contributed by atoms with Gasteiger partial charge in [0.2, 0.25) is 0 Å². The van der Waals surface area contributed by atoms with Crippen LogP contribution in [-0.4, -0.2) is 17.8 Å². The van der Waals surface area contributed by atoms with Gasteiger partial charge in [0.05, 0.1) is 6.10 Å². The van der Waals surface area contributed by atoms with Crippen LogP contribution >= 0.6 is 0 Å². The molecule has 0 aliphatic heterocycles. The highest BCUT2D eigenvalue weighted by molar-refractivity contribution is 5.32. The number of aryl methyl sites for hydroxylation is 1. The third-order valence-electron chi connectivity index (χ3n) is 2.77. The van der Waals surface area contributed by atoms with E-state index in [0.29, 0.717) is 6.61 Å². The maximum atomic E-state index is 9.82. The van der Waals surface area contributed by atoms with Gasteiger partial charge in [-0.05, 0) is 30.9 Å². The van der Waals surface area contributed by atoms with Crippen molar-refractivity contribution < 1.29 is 9.84 Å². The fraction of sp³-hybridized carbons (Fsp3) is 0.500. The molecule has 2 atom stereocenters. The van der Waals surface area contributed by atoms with Gasteiger partial charge in [0, 0.05) is 6.61 Å². The van der Waals surface area contributed by atoms with Crippen LogP contribution in [0.4, 0.5) is 0 Å². The van der Waals surface area contributed by atoms with Crippen molar-refractivity contribution in [2.45, 2.75) is 32.0 Å². The van der Waals surface area contributed by atoms with E-state index in [2.05, 4.69) is 12.1 Å². The molecule has 0 aromatic heterocycles. The molecule has 1 N–H and O–H groups in total. The number of rotatable bonds is 2. The van der Waals surface area contributed by atoms with Crippen molar-refractivity contribution >= 4 is 0 Å². The molecule has 0 radical (unpaired) electrons. The third-order valence-corrected chi connectivity index (χ3v) is 2.77. The van der Waals surface area contributed by atoms with E-state index in [1.165, 1.54) is 5.56 Å². The molecule has 1 aliphatic carbocycles. The predicted octanol–water partition coefficient (Wildman–Crippen LogP) is 2.07. The zero-order valence-electron chi connectivity index (χ0n) is 8.44. The molecule has 2 heteroatoms. The summed E-state index contributed by atoms with van der Waals surface area (Å²) in [5.74, 6) is 0. The van der Waals surface area contributed by atoms with Crippen LogP contribution in [0.3, 0.4) is 0 Å². The van der Waals surface area contributed by atoms with Crippen molar-refractivity contribution in [1.29, 1.82) is 0 Å². The van der Waals surface area contributed by atoms with E-state index >= 15 is 0 Å². The van der Waals surface area contributed by atoms with Crippen LogP contribution in [0.15, 0.2) is 24.3 Å². The van der Waals surface area contributed by atoms with Crippen molar-refractivity contribution in [3.8, 4) is 0 Å². The molecule has 76 valence electrons. The van der Waals surface area contributed by atoms with Crippen molar-refractivity contribution in [3.05, 3.63) is 35.4 Å². The first-order chi connectivity index (χ1) is 6.83. The minimum Gasteiger partial charge on any atom is -0.390 e. The van der Waals surface area contributed by atoms with Gasteiger partial charge in [-0.25, -0.2) is 0 Å². The first-order valence-electron chi connectivity index (χ1n) is 5.20. The summed E-state index contributed by atoms with van der Waals surface area (Å²) in [5.41, 5.74) is 2.48. The van der Waals surface area contributed by atoms with Crippen LogP contribution in [-0.2, 0) is 11.2 Å². The number of benzene rings is 1. The molecule has 14 heavy (non-hydrogen) atoms. The standard InChI is InChI=1S/C12H16O2/c1-2-14-12-10-6-4-3-5-9(10)7-8-11(12)13/h3-6,11-13H,2,7-8H2,1H3/t11-,12-/m1/s1. The molecule has 0 bridgehead atoms. The van der Waals surface area contributed by atoms with Gasteiger partial charge in [-0.15, -0.1) is 0 Å². The van der Waals surface area contributed by atoms with Gasteiger partial charge in [-0.2, -0.15) is 0 Å². The second-order valence-electron chi connectivity index (χ2n) is 3.68. The SMILES string of the molecule is CCO[C@@H]1c2ccccc2CC[C@H]1O. The molecule has 0 spiro atoms. The van der Waals surface area contributed by atoms with Crippen LogP contribution in [0, 0.1) is 0 Å². The van der Waals surface area contributed by atoms with Crippen molar-refractivity contribution in [2.24, 2.45) is 0 Å². The van der Waals surface area contributed by atoms with Gasteiger partial charge >= 0.3 is 0 Å². The summed E-state index contributed by atoms with van der Waals surface area (Å²) in [5, 5.41) is 9.82. The predicted molar refractivity (Wildman–Crippen MR) is 55.1 cm³/mol. The zero-order valence-corrected chi connectivity index (χ0v) is 8.44. The van der Waals surface area contributed by atoms with Gasteiger partial charge in [0.25, 0.3) is 0 Å². The summed E-state index contributed by atoms with van der Waals surface area (Å²) in [4.78, 5) is 0. The Morgan fingerprint density at radius 1 is 1.43 bits per heavy atom. The lowest BCUT2D eigenvalue weighted by Gasteiger charge is -2.29. The number of aliphatic hydroxyl groups is 1.